The summed E-state index contributed by atoms with van der Waals surface area (Å²) in [7, 11) is 1.65. The van der Waals surface area contributed by atoms with Gasteiger partial charge in [-0.15, -0.1) is 0 Å². The number of rotatable bonds is 4. The minimum Gasteiger partial charge on any atom is -0.496 e. The summed E-state index contributed by atoms with van der Waals surface area (Å²) in [6.45, 7) is 0.567. The second-order valence-corrected chi connectivity index (χ2v) is 5.68. The van der Waals surface area contributed by atoms with Crippen molar-refractivity contribution >= 4 is 51.7 Å². The van der Waals surface area contributed by atoms with E-state index in [1.54, 1.807) is 13.2 Å². The lowest BCUT2D eigenvalue weighted by atomic mass is 10.2. The summed E-state index contributed by atoms with van der Waals surface area (Å²) < 4.78 is 13.8. The molecule has 1 N–H and O–H groups in total. The maximum atomic E-state index is 6.26. The quantitative estimate of drug-likeness (QED) is 0.753. The fourth-order valence-corrected chi connectivity index (χ4v) is 3.25. The van der Waals surface area contributed by atoms with Gasteiger partial charge in [-0.25, -0.2) is 0 Å². The third-order valence-electron chi connectivity index (χ3n) is 3.09. The molecular weight excluding hydrogens is 329 g/mol. The Morgan fingerprint density at radius 2 is 1.90 bits per heavy atom. The summed E-state index contributed by atoms with van der Waals surface area (Å²) in [5.41, 5.74) is 3.11. The number of halogens is 2. The summed E-state index contributed by atoms with van der Waals surface area (Å²) in [5.74, 6) is 0.822. The molecule has 1 heterocycles. The van der Waals surface area contributed by atoms with Crippen LogP contribution in [0.1, 0.15) is 5.56 Å². The van der Waals surface area contributed by atoms with Gasteiger partial charge in [0.2, 0.25) is 0 Å². The van der Waals surface area contributed by atoms with Crippen molar-refractivity contribution in [3.05, 3.63) is 45.9 Å². The molecule has 0 amide bonds. The Morgan fingerprint density at radius 3 is 2.71 bits per heavy atom. The highest BCUT2D eigenvalue weighted by Gasteiger charge is 2.14. The van der Waals surface area contributed by atoms with Crippen molar-refractivity contribution in [2.45, 2.75) is 6.54 Å². The summed E-state index contributed by atoms with van der Waals surface area (Å²) in [6.07, 6.45) is 0. The Morgan fingerprint density at radius 1 is 1.14 bits per heavy atom. The average molecular weight is 340 g/mol. The first-order chi connectivity index (χ1) is 10.2. The van der Waals surface area contributed by atoms with Crippen LogP contribution in [0.15, 0.2) is 30.3 Å². The number of hydrogen-bond acceptors (Lipinski definition) is 5. The van der Waals surface area contributed by atoms with Crippen molar-refractivity contribution < 1.29 is 4.74 Å². The Balaban J connectivity index is 1.94. The topological polar surface area (TPSA) is 47.0 Å². The van der Waals surface area contributed by atoms with Crippen molar-refractivity contribution in [2.24, 2.45) is 0 Å². The fraction of sp³-hybridized carbons (Fsp3) is 0.143. The second-order valence-electron chi connectivity index (χ2n) is 4.34. The number of nitrogens with zero attached hydrogens (tertiary/aromatic N) is 2. The lowest BCUT2D eigenvalue weighted by Crippen LogP contribution is -2.02. The van der Waals surface area contributed by atoms with Crippen LogP contribution in [-0.4, -0.2) is 15.9 Å². The van der Waals surface area contributed by atoms with Crippen molar-refractivity contribution in [2.75, 3.05) is 12.4 Å². The van der Waals surface area contributed by atoms with E-state index in [-0.39, 0.29) is 0 Å². The first kappa shape index (κ1) is 14.4. The number of ether oxygens (including phenoxy) is 1. The van der Waals surface area contributed by atoms with Crippen molar-refractivity contribution in [3.8, 4) is 5.75 Å². The number of para-hydroxylation sites is 1. The van der Waals surface area contributed by atoms with E-state index in [1.165, 1.54) is 0 Å². The Hall–Kier alpha value is -1.56. The molecule has 0 fully saturated rings. The number of methoxy groups -OCH3 is 1. The molecule has 0 spiro atoms. The van der Waals surface area contributed by atoms with Crippen molar-refractivity contribution in [1.29, 1.82) is 0 Å². The fourth-order valence-electron chi connectivity index (χ4n) is 2.07. The van der Waals surface area contributed by atoms with Crippen LogP contribution in [0.25, 0.3) is 11.0 Å². The van der Waals surface area contributed by atoms with Gasteiger partial charge in [-0.05, 0) is 12.1 Å². The summed E-state index contributed by atoms with van der Waals surface area (Å²) in [5, 5.41) is 4.32. The molecule has 3 rings (SSSR count). The molecule has 4 nitrogen and oxygen atoms in total. The maximum Gasteiger partial charge on any atom is 0.130 e. The molecule has 0 aliphatic heterocycles. The van der Waals surface area contributed by atoms with E-state index >= 15 is 0 Å². The number of fused-ring (bicyclic) bond motifs is 1. The third-order valence-corrected chi connectivity index (χ3v) is 4.21. The Kier molecular flexibility index (Phi) is 4.14. The zero-order valence-corrected chi connectivity index (χ0v) is 13.4. The Bertz CT molecular complexity index is 791. The van der Waals surface area contributed by atoms with E-state index < -0.39 is 0 Å². The van der Waals surface area contributed by atoms with Gasteiger partial charge in [0.1, 0.15) is 16.8 Å². The predicted molar refractivity (Wildman–Crippen MR) is 87.8 cm³/mol. The molecule has 108 valence electrons. The van der Waals surface area contributed by atoms with Crippen molar-refractivity contribution in [1.82, 2.24) is 8.75 Å². The highest BCUT2D eigenvalue weighted by Crippen LogP contribution is 2.35. The minimum absolute atomic E-state index is 0.506. The van der Waals surface area contributed by atoms with Gasteiger partial charge in [-0.3, -0.25) is 0 Å². The van der Waals surface area contributed by atoms with E-state index in [1.807, 2.05) is 24.3 Å². The first-order valence-electron chi connectivity index (χ1n) is 6.16. The zero-order chi connectivity index (χ0) is 14.8. The number of hydrogen-bond donors (Lipinski definition) is 1. The molecule has 0 unspecified atom stereocenters. The molecule has 0 atom stereocenters. The van der Waals surface area contributed by atoms with Crippen LogP contribution >= 0.6 is 34.9 Å². The minimum atomic E-state index is 0.506. The van der Waals surface area contributed by atoms with Crippen LogP contribution in [0.2, 0.25) is 10.0 Å². The molecule has 0 saturated heterocycles. The van der Waals surface area contributed by atoms with Crippen LogP contribution < -0.4 is 10.1 Å². The number of benzene rings is 2. The smallest absolute Gasteiger partial charge is 0.130 e. The highest BCUT2D eigenvalue weighted by molar-refractivity contribution is 7.00. The zero-order valence-electron chi connectivity index (χ0n) is 11.1. The van der Waals surface area contributed by atoms with E-state index in [9.17, 15) is 0 Å². The molecule has 2 aromatic carbocycles. The highest BCUT2D eigenvalue weighted by atomic mass is 35.5. The van der Waals surface area contributed by atoms with Gasteiger partial charge < -0.3 is 10.1 Å². The molecule has 3 aromatic rings. The molecular formula is C14H11Cl2N3OS. The van der Waals surface area contributed by atoms with Gasteiger partial charge >= 0.3 is 0 Å². The van der Waals surface area contributed by atoms with Gasteiger partial charge in [0.05, 0.1) is 34.6 Å². The third kappa shape index (κ3) is 2.77. The molecule has 0 radical (unpaired) electrons. The molecule has 0 aliphatic carbocycles. The van der Waals surface area contributed by atoms with Gasteiger partial charge in [-0.1, -0.05) is 41.4 Å². The lowest BCUT2D eigenvalue weighted by Gasteiger charge is -2.12. The Labute approximate surface area is 136 Å². The van der Waals surface area contributed by atoms with E-state index in [2.05, 4.69) is 14.1 Å². The average Bonchev–Trinajstić information content (AvgIpc) is 2.97. The summed E-state index contributed by atoms with van der Waals surface area (Å²) in [4.78, 5) is 0. The second kappa shape index (κ2) is 6.05. The van der Waals surface area contributed by atoms with Gasteiger partial charge in [0.15, 0.2) is 0 Å². The van der Waals surface area contributed by atoms with E-state index in [0.29, 0.717) is 27.6 Å². The first-order valence-corrected chi connectivity index (χ1v) is 7.65. The molecule has 21 heavy (non-hydrogen) atoms. The van der Waals surface area contributed by atoms with Gasteiger partial charge in [0.25, 0.3) is 0 Å². The lowest BCUT2D eigenvalue weighted by molar-refractivity contribution is 0.410. The normalized spacial score (nSPS) is 10.8. The van der Waals surface area contributed by atoms with Crippen LogP contribution in [-0.2, 0) is 6.54 Å². The van der Waals surface area contributed by atoms with Crippen LogP contribution in [0, 0.1) is 0 Å². The molecule has 0 bridgehead atoms. The standard InChI is InChI=1S/C14H11Cl2N3OS/c1-20-11-5-3-2-4-8(11)7-17-12-9(15)6-10(16)13-14(12)19-21-18-13/h2-6,17H,7H2,1H3. The van der Waals surface area contributed by atoms with Gasteiger partial charge in [0, 0.05) is 12.1 Å². The van der Waals surface area contributed by atoms with Crippen LogP contribution in [0.4, 0.5) is 5.69 Å². The summed E-state index contributed by atoms with van der Waals surface area (Å²) in [6, 6.07) is 9.48. The molecule has 0 saturated carbocycles. The monoisotopic (exact) mass is 339 g/mol. The SMILES string of the molecule is COc1ccccc1CNc1c(Cl)cc(Cl)c2nsnc12. The van der Waals surface area contributed by atoms with Crippen molar-refractivity contribution in [3.63, 3.8) is 0 Å². The molecule has 0 aliphatic rings. The summed E-state index contributed by atoms with van der Waals surface area (Å²) >= 11 is 13.5. The molecule has 7 heteroatoms. The number of nitrogens with one attached hydrogen (secondary N) is 1. The maximum absolute atomic E-state index is 6.26. The largest absolute Gasteiger partial charge is 0.496 e. The van der Waals surface area contributed by atoms with Gasteiger partial charge in [-0.2, -0.15) is 8.75 Å². The molecule has 1 aromatic heterocycles. The number of aromatic nitrogens is 2. The van der Waals surface area contributed by atoms with E-state index in [4.69, 9.17) is 27.9 Å². The van der Waals surface area contributed by atoms with Crippen LogP contribution in [0.5, 0.6) is 5.75 Å². The van der Waals surface area contributed by atoms with Crippen LogP contribution in [0.3, 0.4) is 0 Å². The number of anilines is 1. The predicted octanol–water partition coefficient (Wildman–Crippen LogP) is 4.62. The van der Waals surface area contributed by atoms with E-state index in [0.717, 1.165) is 28.7 Å².